The van der Waals surface area contributed by atoms with Crippen LogP contribution in [0.25, 0.3) is 11.6 Å². The highest BCUT2D eigenvalue weighted by molar-refractivity contribution is 8.00. The van der Waals surface area contributed by atoms with E-state index >= 15 is 0 Å². The predicted octanol–water partition coefficient (Wildman–Crippen LogP) is 5.31. The highest BCUT2D eigenvalue weighted by atomic mass is 32.2. The Kier molecular flexibility index (Phi) is 4.52. The molecule has 2 aliphatic rings. The van der Waals surface area contributed by atoms with Crippen LogP contribution in [0.15, 0.2) is 71.6 Å². The second-order valence-electron chi connectivity index (χ2n) is 7.03. The number of thioether (sulfide) groups is 1. The lowest BCUT2D eigenvalue weighted by Crippen LogP contribution is -2.25. The van der Waals surface area contributed by atoms with Gasteiger partial charge in [-0.25, -0.2) is 0 Å². The van der Waals surface area contributed by atoms with Gasteiger partial charge in [0, 0.05) is 17.0 Å². The smallest absolute Gasteiger partial charge is 0.269 e. The van der Waals surface area contributed by atoms with Crippen LogP contribution in [-0.4, -0.2) is 17.4 Å². The number of benzene rings is 3. The van der Waals surface area contributed by atoms with Crippen LogP contribution in [0.4, 0.5) is 11.4 Å². The monoisotopic (exact) mass is 416 g/mol. The molecule has 7 heteroatoms. The highest BCUT2D eigenvalue weighted by Gasteiger charge is 2.27. The van der Waals surface area contributed by atoms with Crippen LogP contribution >= 0.6 is 11.8 Å². The molecule has 3 aromatic carbocycles. The van der Waals surface area contributed by atoms with Crippen molar-refractivity contribution in [1.29, 1.82) is 0 Å². The van der Waals surface area contributed by atoms with E-state index in [1.54, 1.807) is 23.9 Å². The molecule has 0 spiro atoms. The Labute approximate surface area is 176 Å². The van der Waals surface area contributed by atoms with E-state index in [2.05, 4.69) is 23.5 Å². The third kappa shape index (κ3) is 3.33. The number of nitro benzene ring substituents is 1. The number of ether oxygens (including phenoxy) is 1. The third-order valence-corrected chi connectivity index (χ3v) is 6.50. The zero-order valence-corrected chi connectivity index (χ0v) is 16.5. The van der Waals surface area contributed by atoms with Gasteiger partial charge in [-0.1, -0.05) is 36.4 Å². The summed E-state index contributed by atoms with van der Waals surface area (Å²) in [5.74, 6) is 0.471. The van der Waals surface area contributed by atoms with Crippen molar-refractivity contribution >= 4 is 40.7 Å². The quantitative estimate of drug-likeness (QED) is 0.462. The van der Waals surface area contributed by atoms with E-state index in [1.807, 2.05) is 30.3 Å². The zero-order valence-electron chi connectivity index (χ0n) is 15.7. The first-order valence-corrected chi connectivity index (χ1v) is 10.3. The largest absolute Gasteiger partial charge is 0.482 e. The summed E-state index contributed by atoms with van der Waals surface area (Å²) in [7, 11) is 0. The molecule has 0 radical (unpaired) electrons. The van der Waals surface area contributed by atoms with Crippen molar-refractivity contribution in [2.45, 2.75) is 10.1 Å². The molecular weight excluding hydrogens is 400 g/mol. The topological polar surface area (TPSA) is 81.5 Å². The summed E-state index contributed by atoms with van der Waals surface area (Å²) in [6, 6.07) is 20.6. The van der Waals surface area contributed by atoms with Gasteiger partial charge >= 0.3 is 0 Å². The van der Waals surface area contributed by atoms with Crippen LogP contribution in [-0.2, 0) is 4.79 Å². The Morgan fingerprint density at radius 2 is 1.87 bits per heavy atom. The van der Waals surface area contributed by atoms with E-state index in [0.29, 0.717) is 11.4 Å². The predicted molar refractivity (Wildman–Crippen MR) is 117 cm³/mol. The number of fused-ring (bicyclic) bond motifs is 2. The molecule has 30 heavy (non-hydrogen) atoms. The SMILES string of the molecule is O=C1COc2ccc(C3=Cc4ccccc4SC3c3ccc([N+](=O)[O-])cc3)cc2N1. The fourth-order valence-corrected chi connectivity index (χ4v) is 4.96. The standard InChI is InChI=1S/C23H16N2O4S/c26-22-13-29-20-10-7-15(12-19(20)24-22)18-11-16-3-1-2-4-21(16)30-23(18)14-5-8-17(9-6-14)25(27)28/h1-12,23H,13H2,(H,24,26). The summed E-state index contributed by atoms with van der Waals surface area (Å²) >= 11 is 1.71. The fourth-order valence-electron chi connectivity index (χ4n) is 3.66. The number of nitrogens with zero attached hydrogens (tertiary/aromatic N) is 1. The first-order chi connectivity index (χ1) is 14.6. The lowest BCUT2D eigenvalue weighted by Gasteiger charge is -2.27. The van der Waals surface area contributed by atoms with E-state index in [1.165, 1.54) is 12.1 Å². The van der Waals surface area contributed by atoms with Gasteiger partial charge < -0.3 is 10.1 Å². The number of nitro groups is 1. The number of carbonyl (C=O) groups is 1. The normalized spacial score (nSPS) is 17.1. The zero-order chi connectivity index (χ0) is 20.7. The Bertz CT molecular complexity index is 1200. The van der Waals surface area contributed by atoms with E-state index in [4.69, 9.17) is 4.74 Å². The lowest BCUT2D eigenvalue weighted by atomic mass is 9.94. The van der Waals surface area contributed by atoms with E-state index < -0.39 is 4.92 Å². The number of amides is 1. The molecule has 3 aromatic rings. The summed E-state index contributed by atoms with van der Waals surface area (Å²) < 4.78 is 5.48. The van der Waals surface area contributed by atoms with Gasteiger partial charge in [0.15, 0.2) is 6.61 Å². The molecule has 0 aliphatic carbocycles. The average molecular weight is 416 g/mol. The second kappa shape index (κ2) is 7.35. The molecule has 1 atom stereocenters. The summed E-state index contributed by atoms with van der Waals surface area (Å²) in [6.07, 6.45) is 2.14. The number of hydrogen-bond donors (Lipinski definition) is 1. The Balaban J connectivity index is 1.61. The number of rotatable bonds is 3. The molecule has 0 fully saturated rings. The van der Waals surface area contributed by atoms with Crippen molar-refractivity contribution in [1.82, 2.24) is 0 Å². The molecule has 1 unspecified atom stereocenters. The van der Waals surface area contributed by atoms with Crippen molar-refractivity contribution in [2.75, 3.05) is 11.9 Å². The summed E-state index contributed by atoms with van der Waals surface area (Å²) in [6.45, 7) is 0.0175. The van der Waals surface area contributed by atoms with Gasteiger partial charge in [-0.3, -0.25) is 14.9 Å². The van der Waals surface area contributed by atoms with Crippen molar-refractivity contribution in [3.05, 3.63) is 93.5 Å². The maximum Gasteiger partial charge on any atom is 0.269 e. The second-order valence-corrected chi connectivity index (χ2v) is 8.18. The summed E-state index contributed by atoms with van der Waals surface area (Å²) in [5, 5.41) is 13.9. The molecule has 1 N–H and O–H groups in total. The summed E-state index contributed by atoms with van der Waals surface area (Å²) in [5.41, 5.74) is 4.84. The van der Waals surface area contributed by atoms with E-state index in [0.717, 1.165) is 27.2 Å². The molecule has 2 aliphatic heterocycles. The van der Waals surface area contributed by atoms with Crippen molar-refractivity contribution < 1.29 is 14.5 Å². The number of nitrogens with one attached hydrogen (secondary N) is 1. The molecule has 1 amide bonds. The molecule has 0 aromatic heterocycles. The molecule has 0 bridgehead atoms. The van der Waals surface area contributed by atoms with Crippen molar-refractivity contribution in [2.24, 2.45) is 0 Å². The van der Waals surface area contributed by atoms with Crippen LogP contribution in [0.3, 0.4) is 0 Å². The Hall–Kier alpha value is -3.58. The van der Waals surface area contributed by atoms with Crippen LogP contribution in [0.5, 0.6) is 5.75 Å². The van der Waals surface area contributed by atoms with Gasteiger partial charge in [0.2, 0.25) is 0 Å². The molecule has 0 saturated carbocycles. The van der Waals surface area contributed by atoms with Crippen molar-refractivity contribution in [3.63, 3.8) is 0 Å². The maximum absolute atomic E-state index is 11.7. The first kappa shape index (κ1) is 18.4. The van der Waals surface area contributed by atoms with Crippen LogP contribution in [0.2, 0.25) is 0 Å². The van der Waals surface area contributed by atoms with Gasteiger partial charge in [-0.15, -0.1) is 11.8 Å². The minimum atomic E-state index is -0.393. The number of carbonyl (C=O) groups excluding carboxylic acids is 1. The lowest BCUT2D eigenvalue weighted by molar-refractivity contribution is -0.384. The van der Waals surface area contributed by atoms with Crippen LogP contribution in [0, 0.1) is 10.1 Å². The van der Waals surface area contributed by atoms with Crippen molar-refractivity contribution in [3.8, 4) is 5.75 Å². The van der Waals surface area contributed by atoms with Gasteiger partial charge in [0.05, 0.1) is 15.9 Å². The Morgan fingerprint density at radius 3 is 2.67 bits per heavy atom. The van der Waals surface area contributed by atoms with E-state index in [9.17, 15) is 14.9 Å². The molecule has 0 saturated heterocycles. The minimum Gasteiger partial charge on any atom is -0.482 e. The minimum absolute atomic E-state index is 0.0175. The van der Waals surface area contributed by atoms with Gasteiger partial charge in [0.1, 0.15) is 5.75 Å². The third-order valence-electron chi connectivity index (χ3n) is 5.11. The maximum atomic E-state index is 11.7. The van der Waals surface area contributed by atoms with E-state index in [-0.39, 0.29) is 23.5 Å². The highest BCUT2D eigenvalue weighted by Crippen LogP contribution is 2.51. The molecule has 6 nitrogen and oxygen atoms in total. The molecular formula is C23H16N2O4S. The number of hydrogen-bond acceptors (Lipinski definition) is 5. The van der Waals surface area contributed by atoms with Crippen LogP contribution < -0.4 is 10.1 Å². The first-order valence-electron chi connectivity index (χ1n) is 9.37. The van der Waals surface area contributed by atoms with Gasteiger partial charge in [-0.05, 0) is 46.5 Å². The molecule has 2 heterocycles. The van der Waals surface area contributed by atoms with Gasteiger partial charge in [-0.2, -0.15) is 0 Å². The van der Waals surface area contributed by atoms with Gasteiger partial charge in [0.25, 0.3) is 11.6 Å². The van der Waals surface area contributed by atoms with Crippen LogP contribution in [0.1, 0.15) is 21.9 Å². The molecule has 148 valence electrons. The Morgan fingerprint density at radius 1 is 1.07 bits per heavy atom. The number of non-ortho nitro benzene ring substituents is 1. The summed E-state index contributed by atoms with van der Waals surface area (Å²) in [4.78, 5) is 23.5. The molecule has 5 rings (SSSR count). The fraction of sp³-hybridized carbons (Fsp3) is 0.0870. The average Bonchev–Trinajstić information content (AvgIpc) is 2.77. The number of anilines is 1.